The van der Waals surface area contributed by atoms with Gasteiger partial charge in [-0.1, -0.05) is 22.9 Å². The Labute approximate surface area is 99.8 Å². The molecule has 0 atom stereocenters. The Morgan fingerprint density at radius 3 is 2.93 bits per heavy atom. The maximum Gasteiger partial charge on any atom is 0.174 e. The summed E-state index contributed by atoms with van der Waals surface area (Å²) < 4.78 is 7.64. The molecule has 0 spiro atoms. The molecule has 0 saturated heterocycles. The van der Waals surface area contributed by atoms with Crippen LogP contribution in [0.5, 0.6) is 5.06 Å². The van der Waals surface area contributed by atoms with Crippen molar-refractivity contribution in [2.75, 3.05) is 6.61 Å². The van der Waals surface area contributed by atoms with Crippen LogP contribution in [0, 0.1) is 0 Å². The van der Waals surface area contributed by atoms with E-state index in [-0.39, 0.29) is 0 Å². The lowest BCUT2D eigenvalue weighted by Crippen LogP contribution is -1.86. The van der Waals surface area contributed by atoms with E-state index in [1.165, 1.54) is 0 Å². The fourth-order valence-corrected chi connectivity index (χ4v) is 3.10. The molecule has 1 aromatic heterocycles. The summed E-state index contributed by atoms with van der Waals surface area (Å²) >= 11 is 11.2. The molecule has 1 nitrogen and oxygen atoms in total. The molecule has 0 aliphatic carbocycles. The molecule has 2 rings (SSSR count). The molecule has 74 valence electrons. The van der Waals surface area contributed by atoms with Gasteiger partial charge in [0, 0.05) is 20.9 Å². The fourth-order valence-electron chi connectivity index (χ4n) is 1.25. The second-order valence-electron chi connectivity index (χ2n) is 2.77. The molecule has 0 fully saturated rings. The zero-order valence-electron chi connectivity index (χ0n) is 7.51. The summed E-state index contributed by atoms with van der Waals surface area (Å²) in [7, 11) is 0. The van der Waals surface area contributed by atoms with Gasteiger partial charge in [0.15, 0.2) is 5.06 Å². The normalized spacial score (nSPS) is 10.8. The van der Waals surface area contributed by atoms with Crippen LogP contribution in [0.4, 0.5) is 0 Å². The van der Waals surface area contributed by atoms with Crippen LogP contribution in [0.1, 0.15) is 6.92 Å². The van der Waals surface area contributed by atoms with Crippen LogP contribution in [0.15, 0.2) is 22.7 Å². The molecule has 0 saturated carbocycles. The number of benzene rings is 1. The Kier molecular flexibility index (Phi) is 3.00. The van der Waals surface area contributed by atoms with E-state index >= 15 is 0 Å². The fraction of sp³-hybridized carbons (Fsp3) is 0.200. The molecule has 0 unspecified atom stereocenters. The van der Waals surface area contributed by atoms with Gasteiger partial charge in [0.2, 0.25) is 0 Å². The maximum absolute atomic E-state index is 6.07. The Morgan fingerprint density at radius 2 is 2.29 bits per heavy atom. The predicted molar refractivity (Wildman–Crippen MR) is 65.7 cm³/mol. The summed E-state index contributed by atoms with van der Waals surface area (Å²) in [6, 6.07) is 5.82. The number of thiophene rings is 1. The van der Waals surface area contributed by atoms with E-state index in [2.05, 4.69) is 15.9 Å². The van der Waals surface area contributed by atoms with Crippen molar-refractivity contribution in [3.05, 3.63) is 27.7 Å². The van der Waals surface area contributed by atoms with Crippen molar-refractivity contribution in [3.8, 4) is 5.06 Å². The number of hydrogen-bond donors (Lipinski definition) is 0. The third-order valence-corrected chi connectivity index (χ3v) is 4.18. The monoisotopic (exact) mass is 290 g/mol. The third-order valence-electron chi connectivity index (χ3n) is 1.85. The topological polar surface area (TPSA) is 9.23 Å². The van der Waals surface area contributed by atoms with Gasteiger partial charge < -0.3 is 4.74 Å². The van der Waals surface area contributed by atoms with Gasteiger partial charge in [0.1, 0.15) is 0 Å². The summed E-state index contributed by atoms with van der Waals surface area (Å²) in [6.07, 6.45) is 0. The molecule has 0 N–H and O–H groups in total. The van der Waals surface area contributed by atoms with Crippen LogP contribution in [-0.4, -0.2) is 6.61 Å². The van der Waals surface area contributed by atoms with E-state index in [0.29, 0.717) is 6.61 Å². The quantitative estimate of drug-likeness (QED) is 0.778. The zero-order valence-corrected chi connectivity index (χ0v) is 10.7. The van der Waals surface area contributed by atoms with E-state index < -0.39 is 0 Å². The lowest BCUT2D eigenvalue weighted by molar-refractivity contribution is 0.350. The van der Waals surface area contributed by atoms with Crippen LogP contribution in [0.25, 0.3) is 10.1 Å². The molecule has 0 amide bonds. The SMILES string of the molecule is CCOc1cc2c(Cl)ccc(Br)c2s1. The van der Waals surface area contributed by atoms with E-state index in [1.807, 2.05) is 25.1 Å². The van der Waals surface area contributed by atoms with E-state index in [4.69, 9.17) is 16.3 Å². The lowest BCUT2D eigenvalue weighted by Gasteiger charge is -1.94. The molecule has 2 aromatic rings. The summed E-state index contributed by atoms with van der Waals surface area (Å²) in [5, 5.41) is 2.73. The molecule has 0 bridgehead atoms. The van der Waals surface area contributed by atoms with Crippen LogP contribution >= 0.6 is 38.9 Å². The maximum atomic E-state index is 6.07. The molecule has 0 radical (unpaired) electrons. The van der Waals surface area contributed by atoms with Crippen LogP contribution in [0.3, 0.4) is 0 Å². The van der Waals surface area contributed by atoms with Gasteiger partial charge in [-0.3, -0.25) is 0 Å². The molecular weight excluding hydrogens is 284 g/mol. The Hall–Kier alpha value is -0.250. The molecule has 14 heavy (non-hydrogen) atoms. The predicted octanol–water partition coefficient (Wildman–Crippen LogP) is 4.72. The Balaban J connectivity index is 2.63. The highest BCUT2D eigenvalue weighted by molar-refractivity contribution is 9.10. The van der Waals surface area contributed by atoms with E-state index in [1.54, 1.807) is 11.3 Å². The third kappa shape index (κ3) is 1.76. The van der Waals surface area contributed by atoms with Gasteiger partial charge in [-0.15, -0.1) is 0 Å². The van der Waals surface area contributed by atoms with Crippen molar-refractivity contribution in [1.29, 1.82) is 0 Å². The standard InChI is InChI=1S/C10H8BrClOS/c1-2-13-9-5-6-8(12)4-3-7(11)10(6)14-9/h3-5H,2H2,1H3. The number of ether oxygens (including phenoxy) is 1. The minimum atomic E-state index is 0.683. The molecule has 1 heterocycles. The van der Waals surface area contributed by atoms with Crippen molar-refractivity contribution in [2.24, 2.45) is 0 Å². The minimum absolute atomic E-state index is 0.683. The van der Waals surface area contributed by atoms with Crippen molar-refractivity contribution < 1.29 is 4.74 Å². The average Bonchev–Trinajstić information content (AvgIpc) is 2.57. The number of halogens is 2. The van der Waals surface area contributed by atoms with Crippen molar-refractivity contribution in [1.82, 2.24) is 0 Å². The highest BCUT2D eigenvalue weighted by Gasteiger charge is 2.08. The Bertz CT molecular complexity index is 427. The number of fused-ring (bicyclic) bond motifs is 1. The average molecular weight is 292 g/mol. The van der Waals surface area contributed by atoms with Gasteiger partial charge >= 0.3 is 0 Å². The second kappa shape index (κ2) is 4.09. The first-order chi connectivity index (χ1) is 6.72. The van der Waals surface area contributed by atoms with E-state index in [0.717, 1.165) is 24.6 Å². The van der Waals surface area contributed by atoms with Gasteiger partial charge in [-0.05, 0) is 35.0 Å². The highest BCUT2D eigenvalue weighted by Crippen LogP contribution is 2.39. The van der Waals surface area contributed by atoms with Crippen LogP contribution in [0.2, 0.25) is 5.02 Å². The molecule has 0 aliphatic rings. The number of hydrogen-bond acceptors (Lipinski definition) is 2. The first-order valence-electron chi connectivity index (χ1n) is 4.22. The van der Waals surface area contributed by atoms with Crippen LogP contribution < -0.4 is 4.74 Å². The first-order valence-corrected chi connectivity index (χ1v) is 6.21. The molecular formula is C10H8BrClOS. The van der Waals surface area contributed by atoms with Crippen LogP contribution in [-0.2, 0) is 0 Å². The van der Waals surface area contributed by atoms with Crippen molar-refractivity contribution in [2.45, 2.75) is 6.92 Å². The number of rotatable bonds is 2. The highest BCUT2D eigenvalue weighted by atomic mass is 79.9. The van der Waals surface area contributed by atoms with Crippen molar-refractivity contribution >= 4 is 49.0 Å². The largest absolute Gasteiger partial charge is 0.484 e. The summed E-state index contributed by atoms with van der Waals surface area (Å²) in [6.45, 7) is 2.66. The smallest absolute Gasteiger partial charge is 0.174 e. The lowest BCUT2D eigenvalue weighted by atomic mass is 10.3. The minimum Gasteiger partial charge on any atom is -0.484 e. The first kappa shape index (κ1) is 10.3. The summed E-state index contributed by atoms with van der Waals surface area (Å²) in [5.41, 5.74) is 0. The van der Waals surface area contributed by atoms with Gasteiger partial charge in [-0.2, -0.15) is 0 Å². The Morgan fingerprint density at radius 1 is 1.50 bits per heavy atom. The summed E-state index contributed by atoms with van der Waals surface area (Å²) in [4.78, 5) is 0. The second-order valence-corrected chi connectivity index (χ2v) is 5.05. The van der Waals surface area contributed by atoms with E-state index in [9.17, 15) is 0 Å². The molecule has 4 heteroatoms. The van der Waals surface area contributed by atoms with Gasteiger partial charge in [0.05, 0.1) is 11.3 Å². The van der Waals surface area contributed by atoms with Crippen molar-refractivity contribution in [3.63, 3.8) is 0 Å². The van der Waals surface area contributed by atoms with Gasteiger partial charge in [-0.25, -0.2) is 0 Å². The zero-order chi connectivity index (χ0) is 10.1. The van der Waals surface area contributed by atoms with Gasteiger partial charge in [0.25, 0.3) is 0 Å². The summed E-state index contributed by atoms with van der Waals surface area (Å²) in [5.74, 6) is 0. The molecule has 1 aromatic carbocycles. The molecule has 0 aliphatic heterocycles.